The molecule has 152 valence electrons. The Morgan fingerprint density at radius 2 is 1.90 bits per heavy atom. The Morgan fingerprint density at radius 3 is 2.62 bits per heavy atom. The van der Waals surface area contributed by atoms with Crippen molar-refractivity contribution in [1.29, 1.82) is 0 Å². The molecule has 2 aromatic carbocycles. The summed E-state index contributed by atoms with van der Waals surface area (Å²) >= 11 is 0. The summed E-state index contributed by atoms with van der Waals surface area (Å²) in [6, 6.07) is 15.1. The zero-order valence-corrected chi connectivity index (χ0v) is 15.9. The van der Waals surface area contributed by atoms with Crippen LogP contribution in [0.4, 0.5) is 13.2 Å². The fourth-order valence-electron chi connectivity index (χ4n) is 3.50. The molecule has 4 rings (SSSR count). The first kappa shape index (κ1) is 19.5. The molecule has 29 heavy (non-hydrogen) atoms. The first-order valence-corrected chi connectivity index (χ1v) is 9.28. The van der Waals surface area contributed by atoms with Crippen molar-refractivity contribution in [1.82, 2.24) is 9.47 Å². The Kier molecular flexibility index (Phi) is 5.34. The summed E-state index contributed by atoms with van der Waals surface area (Å²) in [6.07, 6.45) is -1.01. The van der Waals surface area contributed by atoms with Crippen LogP contribution in [0.1, 0.15) is 22.9 Å². The SMILES string of the molecule is COc1ccc(CN2CCO[C@@H]2c2ccn(-c3cccc(C(F)(F)F)c3)c2)cc1. The van der Waals surface area contributed by atoms with Crippen LogP contribution in [0.15, 0.2) is 67.0 Å². The number of methoxy groups -OCH3 is 1. The van der Waals surface area contributed by atoms with E-state index >= 15 is 0 Å². The van der Waals surface area contributed by atoms with Crippen molar-refractivity contribution in [2.45, 2.75) is 18.9 Å². The summed E-state index contributed by atoms with van der Waals surface area (Å²) in [5.74, 6) is 0.807. The van der Waals surface area contributed by atoms with Crippen LogP contribution in [0, 0.1) is 0 Å². The normalized spacial score (nSPS) is 17.6. The van der Waals surface area contributed by atoms with Crippen molar-refractivity contribution in [3.8, 4) is 11.4 Å². The number of ether oxygens (including phenoxy) is 2. The molecule has 1 aliphatic rings. The predicted octanol–water partition coefficient (Wildman–Crippen LogP) is 5.04. The van der Waals surface area contributed by atoms with Gasteiger partial charge in [-0.05, 0) is 42.0 Å². The minimum Gasteiger partial charge on any atom is -0.497 e. The highest BCUT2D eigenvalue weighted by Gasteiger charge is 2.31. The van der Waals surface area contributed by atoms with E-state index in [4.69, 9.17) is 9.47 Å². The number of hydrogen-bond donors (Lipinski definition) is 0. The van der Waals surface area contributed by atoms with Crippen LogP contribution in [0.5, 0.6) is 5.75 Å². The van der Waals surface area contributed by atoms with Gasteiger partial charge in [-0.25, -0.2) is 0 Å². The molecular formula is C22H21F3N2O2. The molecule has 1 aromatic heterocycles. The Balaban J connectivity index is 1.52. The molecule has 0 aliphatic carbocycles. The monoisotopic (exact) mass is 402 g/mol. The van der Waals surface area contributed by atoms with Crippen LogP contribution >= 0.6 is 0 Å². The molecule has 0 N–H and O–H groups in total. The molecule has 4 nitrogen and oxygen atoms in total. The third-order valence-corrected chi connectivity index (χ3v) is 5.00. The highest BCUT2D eigenvalue weighted by molar-refractivity contribution is 5.39. The van der Waals surface area contributed by atoms with Crippen molar-refractivity contribution in [2.75, 3.05) is 20.3 Å². The highest BCUT2D eigenvalue weighted by atomic mass is 19.4. The van der Waals surface area contributed by atoms with Crippen molar-refractivity contribution in [2.24, 2.45) is 0 Å². The summed E-state index contributed by atoms with van der Waals surface area (Å²) in [4.78, 5) is 2.20. The number of aromatic nitrogens is 1. The Bertz CT molecular complexity index is 967. The smallest absolute Gasteiger partial charge is 0.416 e. The third-order valence-electron chi connectivity index (χ3n) is 5.00. The molecule has 1 atom stereocenters. The van der Waals surface area contributed by atoms with E-state index < -0.39 is 11.7 Å². The molecule has 7 heteroatoms. The van der Waals surface area contributed by atoms with Gasteiger partial charge in [-0.15, -0.1) is 0 Å². The van der Waals surface area contributed by atoms with Gasteiger partial charge in [0.15, 0.2) is 0 Å². The lowest BCUT2D eigenvalue weighted by Crippen LogP contribution is -2.23. The number of rotatable bonds is 5. The van der Waals surface area contributed by atoms with Crippen molar-refractivity contribution < 1.29 is 22.6 Å². The number of halogens is 3. The fourth-order valence-corrected chi connectivity index (χ4v) is 3.50. The largest absolute Gasteiger partial charge is 0.497 e. The first-order chi connectivity index (χ1) is 13.9. The Labute approximate surface area is 167 Å². The van der Waals surface area contributed by atoms with Crippen molar-refractivity contribution >= 4 is 0 Å². The quantitative estimate of drug-likeness (QED) is 0.599. The number of alkyl halides is 3. The van der Waals surface area contributed by atoms with E-state index in [9.17, 15) is 13.2 Å². The summed E-state index contributed by atoms with van der Waals surface area (Å²) in [5.41, 5.74) is 1.85. The molecule has 1 aliphatic heterocycles. The van der Waals surface area contributed by atoms with E-state index in [0.717, 1.165) is 35.6 Å². The Morgan fingerprint density at radius 1 is 1.10 bits per heavy atom. The van der Waals surface area contributed by atoms with Crippen LogP contribution in [0.2, 0.25) is 0 Å². The molecule has 0 bridgehead atoms. The van der Waals surface area contributed by atoms with E-state index in [0.29, 0.717) is 18.8 Å². The van der Waals surface area contributed by atoms with Crippen LogP contribution in [0.25, 0.3) is 5.69 Å². The first-order valence-electron chi connectivity index (χ1n) is 9.28. The molecular weight excluding hydrogens is 381 g/mol. The van der Waals surface area contributed by atoms with Crippen LogP contribution in [0.3, 0.4) is 0 Å². The zero-order chi connectivity index (χ0) is 20.4. The van der Waals surface area contributed by atoms with Gasteiger partial charge in [-0.1, -0.05) is 18.2 Å². The lowest BCUT2D eigenvalue weighted by atomic mass is 10.2. The van der Waals surface area contributed by atoms with E-state index in [-0.39, 0.29) is 6.23 Å². The predicted molar refractivity (Wildman–Crippen MR) is 103 cm³/mol. The minimum atomic E-state index is -4.37. The number of hydrogen-bond acceptors (Lipinski definition) is 3. The van der Waals surface area contributed by atoms with Crippen LogP contribution in [-0.4, -0.2) is 29.7 Å². The van der Waals surface area contributed by atoms with Gasteiger partial charge >= 0.3 is 6.18 Å². The maximum Gasteiger partial charge on any atom is 0.416 e. The third kappa shape index (κ3) is 4.31. The second-order valence-corrected chi connectivity index (χ2v) is 6.94. The second kappa shape index (κ2) is 7.93. The molecule has 3 aromatic rings. The molecule has 1 saturated heterocycles. The number of nitrogens with zero attached hydrogens (tertiary/aromatic N) is 2. The van der Waals surface area contributed by atoms with E-state index in [1.807, 2.05) is 36.5 Å². The summed E-state index contributed by atoms with van der Waals surface area (Å²) in [5, 5.41) is 0. The number of benzene rings is 2. The molecule has 1 fully saturated rings. The van der Waals surface area contributed by atoms with Gasteiger partial charge in [0.1, 0.15) is 12.0 Å². The zero-order valence-electron chi connectivity index (χ0n) is 15.9. The summed E-state index contributed by atoms with van der Waals surface area (Å²) in [6.45, 7) is 2.10. The minimum absolute atomic E-state index is 0.232. The van der Waals surface area contributed by atoms with Crippen molar-refractivity contribution in [3.63, 3.8) is 0 Å². The molecule has 2 heterocycles. The standard InChI is InChI=1S/C22H21F3N2O2/c1-28-20-7-5-16(6-8-20)14-27-11-12-29-21(27)17-9-10-26(15-17)19-4-2-3-18(13-19)22(23,24)25/h2-10,13,15,21H,11-12,14H2,1H3/t21-/m1/s1. The van der Waals surface area contributed by atoms with E-state index in [1.54, 1.807) is 23.9 Å². The van der Waals surface area contributed by atoms with E-state index in [2.05, 4.69) is 4.90 Å². The van der Waals surface area contributed by atoms with Gasteiger partial charge in [-0.2, -0.15) is 13.2 Å². The average Bonchev–Trinajstić information content (AvgIpc) is 3.37. The molecule has 0 unspecified atom stereocenters. The van der Waals surface area contributed by atoms with Gasteiger partial charge in [0.2, 0.25) is 0 Å². The second-order valence-electron chi connectivity index (χ2n) is 6.94. The van der Waals surface area contributed by atoms with Gasteiger partial charge in [0.05, 0.1) is 19.3 Å². The van der Waals surface area contributed by atoms with Gasteiger partial charge < -0.3 is 14.0 Å². The maximum absolute atomic E-state index is 13.0. The van der Waals surface area contributed by atoms with Gasteiger partial charge in [0, 0.05) is 36.7 Å². The highest BCUT2D eigenvalue weighted by Crippen LogP contribution is 2.32. The van der Waals surface area contributed by atoms with Crippen molar-refractivity contribution in [3.05, 3.63) is 83.7 Å². The van der Waals surface area contributed by atoms with Gasteiger partial charge in [0.25, 0.3) is 0 Å². The van der Waals surface area contributed by atoms with Crippen LogP contribution in [-0.2, 0) is 17.5 Å². The lowest BCUT2D eigenvalue weighted by molar-refractivity contribution is -0.137. The van der Waals surface area contributed by atoms with E-state index in [1.165, 1.54) is 6.07 Å². The van der Waals surface area contributed by atoms with Gasteiger partial charge in [-0.3, -0.25) is 4.90 Å². The molecule has 0 spiro atoms. The maximum atomic E-state index is 13.0. The molecule has 0 radical (unpaired) electrons. The lowest BCUT2D eigenvalue weighted by Gasteiger charge is -2.22. The fraction of sp³-hybridized carbons (Fsp3) is 0.273. The molecule has 0 amide bonds. The summed E-state index contributed by atoms with van der Waals surface area (Å²) in [7, 11) is 1.63. The average molecular weight is 402 g/mol. The topological polar surface area (TPSA) is 26.6 Å². The Hall–Kier alpha value is -2.77. The molecule has 0 saturated carbocycles. The van der Waals surface area contributed by atoms with Crippen LogP contribution < -0.4 is 4.74 Å². The summed E-state index contributed by atoms with van der Waals surface area (Å²) < 4.78 is 51.8.